The molecule has 0 aliphatic rings. The summed E-state index contributed by atoms with van der Waals surface area (Å²) in [6.45, 7) is 4.30. The summed E-state index contributed by atoms with van der Waals surface area (Å²) in [5, 5.41) is 3.61. The lowest BCUT2D eigenvalue weighted by Gasteiger charge is -2.20. The first kappa shape index (κ1) is 14.6. The molecule has 0 aliphatic heterocycles. The fourth-order valence-corrected chi connectivity index (χ4v) is 2.89. The van der Waals surface area contributed by atoms with Gasteiger partial charge in [0.1, 0.15) is 0 Å². The lowest BCUT2D eigenvalue weighted by Crippen LogP contribution is -2.10. The number of anilines is 1. The molecule has 0 aliphatic carbocycles. The van der Waals surface area contributed by atoms with Gasteiger partial charge in [0.2, 0.25) is 0 Å². The van der Waals surface area contributed by atoms with E-state index < -0.39 is 0 Å². The average molecular weight is 383 g/mol. The molecule has 0 amide bonds. The summed E-state index contributed by atoms with van der Waals surface area (Å²) >= 11 is 7.19. The molecule has 0 aromatic heterocycles. The summed E-state index contributed by atoms with van der Waals surface area (Å²) in [5.74, 6) is 0. The predicted molar refractivity (Wildman–Crippen MR) is 89.7 cm³/mol. The largest absolute Gasteiger partial charge is 0.377 e. The van der Waals surface area contributed by atoms with Crippen molar-refractivity contribution in [1.82, 2.24) is 0 Å². The Morgan fingerprint density at radius 2 is 1.84 bits per heavy atom. The number of benzene rings is 2. The van der Waals surface area contributed by atoms with Gasteiger partial charge in [-0.2, -0.15) is 0 Å². The van der Waals surface area contributed by atoms with Crippen LogP contribution in [0.3, 0.4) is 0 Å². The second kappa shape index (κ2) is 6.58. The van der Waals surface area contributed by atoms with Gasteiger partial charge in [-0.25, -0.2) is 0 Å². The number of halogens is 2. The normalized spacial score (nSPS) is 12.2. The third kappa shape index (κ3) is 3.61. The fourth-order valence-electron chi connectivity index (χ4n) is 2.09. The van der Waals surface area contributed by atoms with Crippen LogP contribution >= 0.6 is 31.9 Å². The fraction of sp³-hybridized carbons (Fsp3) is 0.250. The van der Waals surface area contributed by atoms with E-state index in [0.717, 1.165) is 21.1 Å². The molecule has 1 unspecified atom stereocenters. The molecule has 0 heterocycles. The van der Waals surface area contributed by atoms with Gasteiger partial charge in [0.05, 0.1) is 6.04 Å². The molecule has 1 atom stereocenters. The van der Waals surface area contributed by atoms with Gasteiger partial charge < -0.3 is 5.32 Å². The zero-order chi connectivity index (χ0) is 13.8. The lowest BCUT2D eigenvalue weighted by atomic mass is 10.0. The average Bonchev–Trinajstić information content (AvgIpc) is 2.40. The van der Waals surface area contributed by atoms with E-state index in [2.05, 4.69) is 93.5 Å². The quantitative estimate of drug-likeness (QED) is 0.675. The van der Waals surface area contributed by atoms with E-state index in [-0.39, 0.29) is 0 Å². The van der Waals surface area contributed by atoms with E-state index in [1.165, 1.54) is 11.1 Å². The van der Waals surface area contributed by atoms with Crippen molar-refractivity contribution in [2.45, 2.75) is 26.3 Å². The highest BCUT2D eigenvalue weighted by Gasteiger charge is 2.11. The standard InChI is InChI=1S/C16H17Br2N/c1-3-14(12-7-5-8-13(17)10-12)19-15-9-4-6-11(2)16(15)18/h4-10,14,19H,3H2,1-2H3. The van der Waals surface area contributed by atoms with E-state index >= 15 is 0 Å². The first-order valence-electron chi connectivity index (χ1n) is 6.39. The molecule has 0 saturated carbocycles. The van der Waals surface area contributed by atoms with Crippen LogP contribution in [-0.4, -0.2) is 0 Å². The summed E-state index contributed by atoms with van der Waals surface area (Å²) in [4.78, 5) is 0. The Labute approximate surface area is 131 Å². The highest BCUT2D eigenvalue weighted by Crippen LogP contribution is 2.31. The maximum atomic E-state index is 3.65. The number of rotatable bonds is 4. The van der Waals surface area contributed by atoms with Gasteiger partial charge in [-0.3, -0.25) is 0 Å². The molecule has 2 aromatic rings. The smallest absolute Gasteiger partial charge is 0.0512 e. The Morgan fingerprint density at radius 3 is 2.53 bits per heavy atom. The Morgan fingerprint density at radius 1 is 1.11 bits per heavy atom. The van der Waals surface area contributed by atoms with Gasteiger partial charge in [-0.1, -0.05) is 47.1 Å². The maximum Gasteiger partial charge on any atom is 0.0512 e. The highest BCUT2D eigenvalue weighted by molar-refractivity contribution is 9.11. The Bertz CT molecular complexity index is 566. The topological polar surface area (TPSA) is 12.0 Å². The van der Waals surface area contributed by atoms with Gasteiger partial charge >= 0.3 is 0 Å². The number of aryl methyl sites for hydroxylation is 1. The third-order valence-corrected chi connectivity index (χ3v) is 4.73. The zero-order valence-electron chi connectivity index (χ0n) is 11.1. The molecule has 0 saturated heterocycles. The van der Waals surface area contributed by atoms with Crippen LogP contribution in [0.2, 0.25) is 0 Å². The summed E-state index contributed by atoms with van der Waals surface area (Å²) in [6, 6.07) is 15.1. The number of hydrogen-bond acceptors (Lipinski definition) is 1. The van der Waals surface area contributed by atoms with Crippen molar-refractivity contribution in [3.63, 3.8) is 0 Å². The molecule has 0 spiro atoms. The molecule has 3 heteroatoms. The molecule has 1 N–H and O–H groups in total. The molecule has 100 valence electrons. The molecule has 0 radical (unpaired) electrons. The minimum absolute atomic E-state index is 0.315. The van der Waals surface area contributed by atoms with Gasteiger partial charge in [-0.15, -0.1) is 0 Å². The maximum absolute atomic E-state index is 3.65. The van der Waals surface area contributed by atoms with Crippen LogP contribution in [0.5, 0.6) is 0 Å². The second-order valence-corrected chi connectivity index (χ2v) is 6.31. The van der Waals surface area contributed by atoms with Crippen molar-refractivity contribution < 1.29 is 0 Å². The van der Waals surface area contributed by atoms with Crippen LogP contribution in [0.4, 0.5) is 5.69 Å². The summed E-state index contributed by atoms with van der Waals surface area (Å²) in [7, 11) is 0. The monoisotopic (exact) mass is 381 g/mol. The SMILES string of the molecule is CCC(Nc1cccc(C)c1Br)c1cccc(Br)c1. The van der Waals surface area contributed by atoms with E-state index in [4.69, 9.17) is 0 Å². The van der Waals surface area contributed by atoms with Gasteiger partial charge in [-0.05, 0) is 58.6 Å². The molecule has 1 nitrogen and oxygen atoms in total. The van der Waals surface area contributed by atoms with Crippen molar-refractivity contribution in [2.24, 2.45) is 0 Å². The number of hydrogen-bond donors (Lipinski definition) is 1. The number of nitrogens with one attached hydrogen (secondary N) is 1. The van der Waals surface area contributed by atoms with E-state index in [1.54, 1.807) is 0 Å². The summed E-state index contributed by atoms with van der Waals surface area (Å²) < 4.78 is 2.26. The Balaban J connectivity index is 2.26. The molecular formula is C16H17Br2N. The minimum Gasteiger partial charge on any atom is -0.377 e. The molecule has 0 bridgehead atoms. The van der Waals surface area contributed by atoms with Crippen molar-refractivity contribution in [2.75, 3.05) is 5.32 Å². The zero-order valence-corrected chi connectivity index (χ0v) is 14.3. The van der Waals surface area contributed by atoms with E-state index in [9.17, 15) is 0 Å². The highest BCUT2D eigenvalue weighted by atomic mass is 79.9. The third-order valence-electron chi connectivity index (χ3n) is 3.18. The first-order chi connectivity index (χ1) is 9.11. The van der Waals surface area contributed by atoms with E-state index in [0.29, 0.717) is 6.04 Å². The Kier molecular flexibility index (Phi) is 5.06. The molecule has 0 fully saturated rings. The van der Waals surface area contributed by atoms with Crippen LogP contribution in [0.1, 0.15) is 30.5 Å². The summed E-state index contributed by atoms with van der Waals surface area (Å²) in [5.41, 5.74) is 3.69. The van der Waals surface area contributed by atoms with Crippen molar-refractivity contribution in [3.8, 4) is 0 Å². The molecule has 19 heavy (non-hydrogen) atoms. The predicted octanol–water partition coefficient (Wildman–Crippen LogP) is 6.08. The van der Waals surface area contributed by atoms with Crippen LogP contribution in [0.15, 0.2) is 51.4 Å². The summed E-state index contributed by atoms with van der Waals surface area (Å²) in [6.07, 6.45) is 1.04. The van der Waals surface area contributed by atoms with Crippen LogP contribution in [0.25, 0.3) is 0 Å². The van der Waals surface area contributed by atoms with Gasteiger partial charge in [0.25, 0.3) is 0 Å². The van der Waals surface area contributed by atoms with Crippen LogP contribution < -0.4 is 5.32 Å². The molecule has 2 rings (SSSR count). The molecule has 2 aromatic carbocycles. The van der Waals surface area contributed by atoms with Gasteiger partial charge in [0, 0.05) is 14.6 Å². The second-order valence-electron chi connectivity index (χ2n) is 4.60. The van der Waals surface area contributed by atoms with Gasteiger partial charge in [0.15, 0.2) is 0 Å². The lowest BCUT2D eigenvalue weighted by molar-refractivity contribution is 0.748. The van der Waals surface area contributed by atoms with Crippen molar-refractivity contribution >= 4 is 37.5 Å². The Hall–Kier alpha value is -0.800. The van der Waals surface area contributed by atoms with Crippen LogP contribution in [0, 0.1) is 6.92 Å². The first-order valence-corrected chi connectivity index (χ1v) is 7.97. The van der Waals surface area contributed by atoms with Crippen LogP contribution in [-0.2, 0) is 0 Å². The van der Waals surface area contributed by atoms with Crippen molar-refractivity contribution in [3.05, 3.63) is 62.5 Å². The minimum atomic E-state index is 0.315. The van der Waals surface area contributed by atoms with Crippen molar-refractivity contribution in [1.29, 1.82) is 0 Å². The molecular weight excluding hydrogens is 366 g/mol. The van der Waals surface area contributed by atoms with E-state index in [1.807, 2.05) is 0 Å².